The lowest BCUT2D eigenvalue weighted by Crippen LogP contribution is -2.52. The lowest BCUT2D eigenvalue weighted by atomic mass is 9.91. The number of carbonyl (C=O) groups excluding carboxylic acids is 5. The number of fused-ring (bicyclic) bond motifs is 1. The maximum atomic E-state index is 13.7. The Bertz CT molecular complexity index is 1860. The van der Waals surface area contributed by atoms with Gasteiger partial charge in [-0.05, 0) is 62.3 Å². The Balaban J connectivity index is 1.18. The predicted molar refractivity (Wildman–Crippen MR) is 212 cm³/mol. The summed E-state index contributed by atoms with van der Waals surface area (Å²) in [5.74, 6) is -1.06. The van der Waals surface area contributed by atoms with Crippen LogP contribution < -0.4 is 16.0 Å². The Morgan fingerprint density at radius 1 is 0.727 bits per heavy atom. The van der Waals surface area contributed by atoms with Gasteiger partial charge < -0.3 is 25.6 Å². The zero-order valence-electron chi connectivity index (χ0n) is 32.0. The fraction of sp³-hybridized carbons (Fsp3) is 0.356. The second-order valence-corrected chi connectivity index (χ2v) is 14.9. The number of ketones is 1. The molecule has 55 heavy (non-hydrogen) atoms. The van der Waals surface area contributed by atoms with Gasteiger partial charge in [0, 0.05) is 50.4 Å². The van der Waals surface area contributed by atoms with E-state index in [2.05, 4.69) is 16.0 Å². The standard InChI is InChI=1S/C45H52N4O6/c1-45(2,3)55-44(54)48-38(42(52)47-30-37(32-17-7-4-8-18-32)33-19-9-5-10-20-33)25-15-16-28-46-43(53)39-29-35-23-13-14-24-36(35)31-49(39)41(51)27-26-40(50)34-21-11-6-12-22-34/h4-14,17-24,37-39H,15-16,25-31H2,1-3H3,(H,46,53)(H,47,52)(H,48,54)/t38-,39+/m1/s1. The molecule has 0 bridgehead atoms. The summed E-state index contributed by atoms with van der Waals surface area (Å²) in [6.45, 7) is 6.22. The minimum absolute atomic E-state index is 0.00518. The average molecular weight is 745 g/mol. The highest BCUT2D eigenvalue weighted by molar-refractivity contribution is 5.98. The third kappa shape index (κ3) is 12.1. The van der Waals surface area contributed by atoms with Gasteiger partial charge in [0.2, 0.25) is 17.7 Å². The Labute approximate surface area is 324 Å². The first-order valence-electron chi connectivity index (χ1n) is 19.1. The summed E-state index contributed by atoms with van der Waals surface area (Å²) in [5.41, 5.74) is 3.92. The highest BCUT2D eigenvalue weighted by atomic mass is 16.6. The number of nitrogens with one attached hydrogen (secondary N) is 3. The van der Waals surface area contributed by atoms with E-state index in [0.717, 1.165) is 22.3 Å². The van der Waals surface area contributed by atoms with Crippen LogP contribution in [0.15, 0.2) is 115 Å². The molecule has 1 heterocycles. The van der Waals surface area contributed by atoms with E-state index in [1.165, 1.54) is 0 Å². The van der Waals surface area contributed by atoms with Gasteiger partial charge in [-0.2, -0.15) is 0 Å². The molecule has 2 atom stereocenters. The van der Waals surface area contributed by atoms with Gasteiger partial charge in [0.1, 0.15) is 17.7 Å². The summed E-state index contributed by atoms with van der Waals surface area (Å²) in [4.78, 5) is 67.9. The second-order valence-electron chi connectivity index (χ2n) is 14.9. The van der Waals surface area contributed by atoms with Crippen LogP contribution in [0.4, 0.5) is 4.79 Å². The molecule has 10 nitrogen and oxygen atoms in total. The van der Waals surface area contributed by atoms with Crippen LogP contribution in [0, 0.1) is 0 Å². The third-order valence-corrected chi connectivity index (χ3v) is 9.64. The zero-order valence-corrected chi connectivity index (χ0v) is 32.0. The summed E-state index contributed by atoms with van der Waals surface area (Å²) in [7, 11) is 0. The molecule has 1 aliphatic heterocycles. The van der Waals surface area contributed by atoms with E-state index >= 15 is 0 Å². The van der Waals surface area contributed by atoms with Crippen molar-refractivity contribution in [3.63, 3.8) is 0 Å². The highest BCUT2D eigenvalue weighted by Gasteiger charge is 2.34. The van der Waals surface area contributed by atoms with Crippen molar-refractivity contribution in [2.75, 3.05) is 13.1 Å². The van der Waals surface area contributed by atoms with E-state index < -0.39 is 23.8 Å². The van der Waals surface area contributed by atoms with Gasteiger partial charge in [0.05, 0.1) is 0 Å². The minimum atomic E-state index is -0.862. The van der Waals surface area contributed by atoms with E-state index in [-0.39, 0.29) is 48.8 Å². The average Bonchev–Trinajstić information content (AvgIpc) is 3.19. The van der Waals surface area contributed by atoms with Crippen LogP contribution in [0.3, 0.4) is 0 Å². The molecule has 0 spiro atoms. The van der Waals surface area contributed by atoms with E-state index in [4.69, 9.17) is 4.74 Å². The summed E-state index contributed by atoms with van der Waals surface area (Å²) in [6, 6.07) is 35.0. The van der Waals surface area contributed by atoms with E-state index in [9.17, 15) is 24.0 Å². The maximum absolute atomic E-state index is 13.7. The molecule has 0 saturated carbocycles. The van der Waals surface area contributed by atoms with Crippen LogP contribution in [-0.4, -0.2) is 65.3 Å². The molecular weight excluding hydrogens is 693 g/mol. The Morgan fingerprint density at radius 3 is 1.93 bits per heavy atom. The normalized spacial score (nSPS) is 14.3. The summed E-state index contributed by atoms with van der Waals surface area (Å²) in [6.07, 6.45) is 1.12. The molecule has 4 amide bonds. The summed E-state index contributed by atoms with van der Waals surface area (Å²) in [5, 5.41) is 8.82. The first kappa shape index (κ1) is 40.4. The molecule has 0 fully saturated rings. The molecule has 4 aromatic carbocycles. The zero-order chi connectivity index (χ0) is 39.2. The smallest absolute Gasteiger partial charge is 0.408 e. The van der Waals surface area contributed by atoms with Gasteiger partial charge >= 0.3 is 6.09 Å². The minimum Gasteiger partial charge on any atom is -0.444 e. The molecule has 0 aliphatic carbocycles. The number of unbranched alkanes of at least 4 members (excludes halogenated alkanes) is 1. The van der Waals surface area contributed by atoms with E-state index in [1.807, 2.05) is 91.0 Å². The molecule has 5 rings (SSSR count). The van der Waals surface area contributed by atoms with Crippen molar-refractivity contribution < 1.29 is 28.7 Å². The topological polar surface area (TPSA) is 134 Å². The first-order chi connectivity index (χ1) is 26.5. The fourth-order valence-electron chi connectivity index (χ4n) is 6.80. The largest absolute Gasteiger partial charge is 0.444 e. The van der Waals surface area contributed by atoms with Gasteiger partial charge in [-0.25, -0.2) is 4.79 Å². The Morgan fingerprint density at radius 2 is 1.31 bits per heavy atom. The van der Waals surface area contributed by atoms with Gasteiger partial charge in [-0.3, -0.25) is 19.2 Å². The summed E-state index contributed by atoms with van der Waals surface area (Å²) >= 11 is 0. The molecule has 1 aliphatic rings. The van der Waals surface area contributed by atoms with Crippen molar-refractivity contribution in [1.29, 1.82) is 0 Å². The van der Waals surface area contributed by atoms with Crippen LogP contribution in [0.2, 0.25) is 0 Å². The number of carbonyl (C=O) groups is 5. The van der Waals surface area contributed by atoms with Gasteiger partial charge in [-0.1, -0.05) is 115 Å². The summed E-state index contributed by atoms with van der Waals surface area (Å²) < 4.78 is 5.48. The Kier molecular flexibility index (Phi) is 14.3. The van der Waals surface area contributed by atoms with Crippen molar-refractivity contribution in [3.8, 4) is 0 Å². The monoisotopic (exact) mass is 744 g/mol. The number of hydrogen-bond acceptors (Lipinski definition) is 6. The maximum Gasteiger partial charge on any atom is 0.408 e. The van der Waals surface area contributed by atoms with Crippen molar-refractivity contribution in [3.05, 3.63) is 143 Å². The molecule has 288 valence electrons. The molecule has 0 unspecified atom stereocenters. The molecule has 4 aromatic rings. The lowest BCUT2D eigenvalue weighted by molar-refractivity contribution is -0.141. The number of nitrogens with zero attached hydrogens (tertiary/aromatic N) is 1. The number of rotatable bonds is 16. The van der Waals surface area contributed by atoms with Gasteiger partial charge in [0.15, 0.2) is 5.78 Å². The van der Waals surface area contributed by atoms with Crippen molar-refractivity contribution in [2.24, 2.45) is 0 Å². The highest BCUT2D eigenvalue weighted by Crippen LogP contribution is 2.26. The van der Waals surface area contributed by atoms with E-state index in [1.54, 1.807) is 49.9 Å². The number of alkyl carbamates (subject to hydrolysis) is 1. The number of Topliss-reactive ketones (excluding diaryl/α,β-unsaturated/α-hetero) is 1. The van der Waals surface area contributed by atoms with Crippen LogP contribution in [0.25, 0.3) is 0 Å². The quantitative estimate of drug-likeness (QED) is 0.0861. The molecule has 3 N–H and O–H groups in total. The van der Waals surface area contributed by atoms with Gasteiger partial charge in [-0.15, -0.1) is 0 Å². The molecule has 0 aromatic heterocycles. The lowest BCUT2D eigenvalue weighted by Gasteiger charge is -2.36. The number of amides is 4. The molecule has 0 saturated heterocycles. The van der Waals surface area contributed by atoms with Crippen LogP contribution >= 0.6 is 0 Å². The molecule has 0 radical (unpaired) electrons. The molecular formula is C45H52N4O6. The number of benzene rings is 4. The Hall–Kier alpha value is -5.77. The second kappa shape index (κ2) is 19.5. The van der Waals surface area contributed by atoms with Gasteiger partial charge in [0.25, 0.3) is 0 Å². The van der Waals surface area contributed by atoms with Crippen molar-refractivity contribution >= 4 is 29.6 Å². The fourth-order valence-corrected chi connectivity index (χ4v) is 6.80. The van der Waals surface area contributed by atoms with Crippen LogP contribution in [0.5, 0.6) is 0 Å². The third-order valence-electron chi connectivity index (χ3n) is 9.64. The van der Waals surface area contributed by atoms with Crippen molar-refractivity contribution in [2.45, 2.75) is 89.4 Å². The van der Waals surface area contributed by atoms with Crippen LogP contribution in [0.1, 0.15) is 91.4 Å². The van der Waals surface area contributed by atoms with Crippen LogP contribution in [-0.2, 0) is 32.1 Å². The van der Waals surface area contributed by atoms with Crippen molar-refractivity contribution in [1.82, 2.24) is 20.9 Å². The number of ether oxygens (including phenoxy) is 1. The first-order valence-corrected chi connectivity index (χ1v) is 19.1. The molecule has 10 heteroatoms. The van der Waals surface area contributed by atoms with E-state index in [0.29, 0.717) is 44.3 Å². The number of hydrogen-bond donors (Lipinski definition) is 3. The predicted octanol–water partition coefficient (Wildman–Crippen LogP) is 6.73. The SMILES string of the molecule is CC(C)(C)OC(=O)N[C@H](CCCCNC(=O)[C@@H]1Cc2ccccc2CN1C(=O)CCC(=O)c1ccccc1)C(=O)NCC(c1ccccc1)c1ccccc1.